The van der Waals surface area contributed by atoms with Crippen LogP contribution >= 0.6 is 24.8 Å². The van der Waals surface area contributed by atoms with Crippen molar-refractivity contribution in [1.82, 2.24) is 4.98 Å². The first-order chi connectivity index (χ1) is 6.31. The van der Waals surface area contributed by atoms with E-state index < -0.39 is 0 Å². The third-order valence-electron chi connectivity index (χ3n) is 2.09. The minimum Gasteiger partial charge on any atom is -0.440 e. The van der Waals surface area contributed by atoms with E-state index in [4.69, 9.17) is 10.2 Å². The predicted molar refractivity (Wildman–Crippen MR) is 66.0 cm³/mol. The van der Waals surface area contributed by atoms with Crippen molar-refractivity contribution in [3.05, 3.63) is 30.2 Å². The van der Waals surface area contributed by atoms with Crippen molar-refractivity contribution in [2.24, 2.45) is 5.73 Å². The van der Waals surface area contributed by atoms with Gasteiger partial charge in [-0.1, -0.05) is 19.1 Å². The molecule has 0 saturated carbocycles. The molecule has 0 aliphatic rings. The number of nitrogens with two attached hydrogens (primary N) is 1. The van der Waals surface area contributed by atoms with E-state index in [1.165, 1.54) is 0 Å². The Kier molecular flexibility index (Phi) is 5.65. The molecule has 1 heterocycles. The highest BCUT2D eigenvalue weighted by molar-refractivity contribution is 5.85. The molecule has 1 aromatic carbocycles. The molecule has 2 rings (SSSR count). The minimum atomic E-state index is 0. The van der Waals surface area contributed by atoms with Crippen LogP contribution in [0.15, 0.2) is 28.7 Å². The summed E-state index contributed by atoms with van der Waals surface area (Å²) in [6.45, 7) is 2.57. The molecule has 0 spiro atoms. The van der Waals surface area contributed by atoms with Crippen LogP contribution in [0.4, 0.5) is 0 Å². The third kappa shape index (κ3) is 2.84. The standard InChI is InChI=1S/C10H12N2O.2ClH/c1-7(6-11)10-12-8-4-2-3-5-9(8)13-10;;/h2-5,7H,6,11H2,1H3;2*1H. The summed E-state index contributed by atoms with van der Waals surface area (Å²) in [6.07, 6.45) is 0. The summed E-state index contributed by atoms with van der Waals surface area (Å²) >= 11 is 0. The number of fused-ring (bicyclic) bond motifs is 1. The minimum absolute atomic E-state index is 0. The van der Waals surface area contributed by atoms with Crippen molar-refractivity contribution in [3.63, 3.8) is 0 Å². The van der Waals surface area contributed by atoms with Gasteiger partial charge in [0, 0.05) is 12.5 Å². The molecule has 3 nitrogen and oxygen atoms in total. The van der Waals surface area contributed by atoms with Crippen LogP contribution < -0.4 is 5.73 Å². The lowest BCUT2D eigenvalue weighted by atomic mass is 10.2. The van der Waals surface area contributed by atoms with Gasteiger partial charge < -0.3 is 10.2 Å². The van der Waals surface area contributed by atoms with Crippen molar-refractivity contribution in [2.75, 3.05) is 6.54 Å². The van der Waals surface area contributed by atoms with Gasteiger partial charge in [-0.3, -0.25) is 0 Å². The maximum absolute atomic E-state index is 5.53. The number of oxazole rings is 1. The van der Waals surface area contributed by atoms with Crippen molar-refractivity contribution < 1.29 is 4.42 Å². The fraction of sp³-hybridized carbons (Fsp3) is 0.300. The molecule has 15 heavy (non-hydrogen) atoms. The molecule has 0 aliphatic heterocycles. The van der Waals surface area contributed by atoms with Crippen LogP contribution in [-0.4, -0.2) is 11.5 Å². The van der Waals surface area contributed by atoms with Gasteiger partial charge in [0.1, 0.15) is 5.52 Å². The molecule has 1 atom stereocenters. The number of hydrogen-bond donors (Lipinski definition) is 1. The maximum atomic E-state index is 5.53. The Balaban J connectivity index is 0.000000980. The number of benzene rings is 1. The van der Waals surface area contributed by atoms with Crippen LogP contribution in [0.25, 0.3) is 11.1 Å². The average molecular weight is 249 g/mol. The second kappa shape index (κ2) is 5.95. The van der Waals surface area contributed by atoms with Crippen LogP contribution in [0.5, 0.6) is 0 Å². The molecule has 0 aliphatic carbocycles. The van der Waals surface area contributed by atoms with Gasteiger partial charge in [-0.25, -0.2) is 4.98 Å². The zero-order valence-corrected chi connectivity index (χ0v) is 9.98. The van der Waals surface area contributed by atoms with E-state index in [9.17, 15) is 0 Å². The zero-order valence-electron chi connectivity index (χ0n) is 8.34. The van der Waals surface area contributed by atoms with Gasteiger partial charge in [0.15, 0.2) is 11.5 Å². The molecule has 1 aromatic heterocycles. The Morgan fingerprint density at radius 3 is 2.60 bits per heavy atom. The molecule has 2 aromatic rings. The van der Waals surface area contributed by atoms with Gasteiger partial charge in [0.05, 0.1) is 0 Å². The summed E-state index contributed by atoms with van der Waals surface area (Å²) < 4.78 is 5.53. The van der Waals surface area contributed by atoms with Crippen molar-refractivity contribution in [1.29, 1.82) is 0 Å². The first-order valence-electron chi connectivity index (χ1n) is 4.37. The summed E-state index contributed by atoms with van der Waals surface area (Å²) in [5.74, 6) is 0.913. The van der Waals surface area contributed by atoms with E-state index >= 15 is 0 Å². The maximum Gasteiger partial charge on any atom is 0.199 e. The Morgan fingerprint density at radius 2 is 2.00 bits per heavy atom. The van der Waals surface area contributed by atoms with Crippen molar-refractivity contribution >= 4 is 35.9 Å². The highest BCUT2D eigenvalue weighted by Gasteiger charge is 2.10. The van der Waals surface area contributed by atoms with Crippen LogP contribution in [0.3, 0.4) is 0 Å². The smallest absolute Gasteiger partial charge is 0.199 e. The van der Waals surface area contributed by atoms with Gasteiger partial charge in [0.25, 0.3) is 0 Å². The number of aromatic nitrogens is 1. The number of hydrogen-bond acceptors (Lipinski definition) is 3. The lowest BCUT2D eigenvalue weighted by Crippen LogP contribution is -2.08. The molecule has 0 fully saturated rings. The molecule has 84 valence electrons. The van der Waals surface area contributed by atoms with E-state index in [0.29, 0.717) is 6.54 Å². The van der Waals surface area contributed by atoms with E-state index in [2.05, 4.69) is 4.98 Å². The SMILES string of the molecule is CC(CN)c1nc2ccccc2o1.Cl.Cl. The van der Waals surface area contributed by atoms with E-state index in [0.717, 1.165) is 17.0 Å². The Labute approximate surface area is 101 Å². The van der Waals surface area contributed by atoms with Gasteiger partial charge in [0.2, 0.25) is 0 Å². The summed E-state index contributed by atoms with van der Waals surface area (Å²) in [5, 5.41) is 0. The van der Waals surface area contributed by atoms with Crippen LogP contribution in [-0.2, 0) is 0 Å². The monoisotopic (exact) mass is 248 g/mol. The summed E-state index contributed by atoms with van der Waals surface area (Å²) in [5.41, 5.74) is 7.26. The van der Waals surface area contributed by atoms with Crippen molar-refractivity contribution in [3.8, 4) is 0 Å². The fourth-order valence-electron chi connectivity index (χ4n) is 1.20. The summed E-state index contributed by atoms with van der Waals surface area (Å²) in [6, 6.07) is 7.73. The fourth-order valence-corrected chi connectivity index (χ4v) is 1.20. The van der Waals surface area contributed by atoms with E-state index in [1.54, 1.807) is 0 Å². The van der Waals surface area contributed by atoms with Gasteiger partial charge in [-0.15, -0.1) is 24.8 Å². The Morgan fingerprint density at radius 1 is 1.33 bits per heavy atom. The molecular weight excluding hydrogens is 235 g/mol. The van der Waals surface area contributed by atoms with Gasteiger partial charge >= 0.3 is 0 Å². The largest absolute Gasteiger partial charge is 0.440 e. The second-order valence-corrected chi connectivity index (χ2v) is 3.16. The second-order valence-electron chi connectivity index (χ2n) is 3.16. The molecular formula is C10H14Cl2N2O. The molecule has 1 unspecified atom stereocenters. The summed E-state index contributed by atoms with van der Waals surface area (Å²) in [7, 11) is 0. The average Bonchev–Trinajstić information content (AvgIpc) is 2.59. The number of rotatable bonds is 2. The van der Waals surface area contributed by atoms with Crippen LogP contribution in [0, 0.1) is 0 Å². The van der Waals surface area contributed by atoms with Gasteiger partial charge in [-0.05, 0) is 12.1 Å². The Bertz CT molecular complexity index is 383. The zero-order chi connectivity index (χ0) is 9.26. The quantitative estimate of drug-likeness (QED) is 0.890. The topological polar surface area (TPSA) is 52.0 Å². The van der Waals surface area contributed by atoms with E-state index in [1.807, 2.05) is 31.2 Å². The number of halogens is 2. The lowest BCUT2D eigenvalue weighted by molar-refractivity contribution is 0.489. The number of nitrogens with zero attached hydrogens (tertiary/aromatic N) is 1. The molecule has 0 saturated heterocycles. The lowest BCUT2D eigenvalue weighted by Gasteiger charge is -1.99. The molecule has 0 radical (unpaired) electrons. The van der Waals surface area contributed by atoms with Crippen LogP contribution in [0.1, 0.15) is 18.7 Å². The highest BCUT2D eigenvalue weighted by atomic mass is 35.5. The molecule has 0 bridgehead atoms. The first kappa shape index (κ1) is 14.2. The third-order valence-corrected chi connectivity index (χ3v) is 2.09. The number of para-hydroxylation sites is 2. The Hall–Kier alpha value is -0.770. The predicted octanol–water partition coefficient (Wildman–Crippen LogP) is 2.73. The molecule has 5 heteroatoms. The summed E-state index contributed by atoms with van der Waals surface area (Å²) in [4.78, 5) is 4.34. The first-order valence-corrected chi connectivity index (χ1v) is 4.37. The van der Waals surface area contributed by atoms with Gasteiger partial charge in [-0.2, -0.15) is 0 Å². The molecule has 0 amide bonds. The highest BCUT2D eigenvalue weighted by Crippen LogP contribution is 2.19. The molecule has 2 N–H and O–H groups in total. The normalized spacial score (nSPS) is 11.6. The van der Waals surface area contributed by atoms with E-state index in [-0.39, 0.29) is 30.7 Å². The van der Waals surface area contributed by atoms with Crippen molar-refractivity contribution in [2.45, 2.75) is 12.8 Å². The van der Waals surface area contributed by atoms with Crippen LogP contribution in [0.2, 0.25) is 0 Å².